The van der Waals surface area contributed by atoms with E-state index in [4.69, 9.17) is 4.74 Å². The molecule has 3 aromatic rings. The minimum absolute atomic E-state index is 0.287. The lowest BCUT2D eigenvalue weighted by Crippen LogP contribution is -2.17. The van der Waals surface area contributed by atoms with Crippen LogP contribution in [-0.4, -0.2) is 29.1 Å². The molecule has 7 heteroatoms. The van der Waals surface area contributed by atoms with E-state index in [9.17, 15) is 9.59 Å². The van der Waals surface area contributed by atoms with Gasteiger partial charge in [-0.25, -0.2) is 14.5 Å². The van der Waals surface area contributed by atoms with Gasteiger partial charge in [-0.2, -0.15) is 0 Å². The molecule has 0 spiro atoms. The summed E-state index contributed by atoms with van der Waals surface area (Å²) in [5, 5.41) is 5.69. The summed E-state index contributed by atoms with van der Waals surface area (Å²) in [5.74, 6) is 0.699. The summed E-state index contributed by atoms with van der Waals surface area (Å²) < 4.78 is 6.52. The van der Waals surface area contributed by atoms with Crippen molar-refractivity contribution in [3.05, 3.63) is 75.7 Å². The van der Waals surface area contributed by atoms with E-state index >= 15 is 0 Å². The molecule has 0 fully saturated rings. The first kappa shape index (κ1) is 18.2. The van der Waals surface area contributed by atoms with E-state index in [0.717, 1.165) is 5.56 Å². The number of aryl methyl sites for hydroxylation is 2. The Kier molecular flexibility index (Phi) is 5.21. The maximum atomic E-state index is 12.6. The number of rotatable bonds is 4. The van der Waals surface area contributed by atoms with Gasteiger partial charge in [0.2, 0.25) is 0 Å². The number of anilines is 1. The fraction of sp³-hybridized carbons (Fsp3) is 0.150. The van der Waals surface area contributed by atoms with Gasteiger partial charge in [0.15, 0.2) is 0 Å². The quantitative estimate of drug-likeness (QED) is 0.695. The highest BCUT2D eigenvalue weighted by Gasteiger charge is 2.11. The van der Waals surface area contributed by atoms with E-state index < -0.39 is 6.03 Å². The zero-order valence-corrected chi connectivity index (χ0v) is 15.3. The molecule has 7 nitrogen and oxygen atoms in total. The number of nitrogens with one attached hydrogen (secondary N) is 2. The van der Waals surface area contributed by atoms with Crippen LogP contribution in [0.4, 0.5) is 10.5 Å². The van der Waals surface area contributed by atoms with Gasteiger partial charge in [0.1, 0.15) is 5.75 Å². The van der Waals surface area contributed by atoms with Gasteiger partial charge in [-0.1, -0.05) is 18.2 Å². The number of carbonyl (C=O) groups is 1. The van der Waals surface area contributed by atoms with Crippen LogP contribution in [0.5, 0.6) is 5.75 Å². The molecule has 0 saturated heterocycles. The number of amides is 2. The SMILES string of the molecule is COc1ccc(-n2[nH]c(C)c(/C=N/C(=O)Nc3ccccc3C)c2=O)cc1. The van der Waals surface area contributed by atoms with Gasteiger partial charge in [-0.05, 0) is 49.7 Å². The van der Waals surface area contributed by atoms with Crippen molar-refractivity contribution in [3.8, 4) is 11.4 Å². The van der Waals surface area contributed by atoms with Crippen LogP contribution in [0.15, 0.2) is 58.3 Å². The van der Waals surface area contributed by atoms with Gasteiger partial charge in [-0.3, -0.25) is 9.89 Å². The third kappa shape index (κ3) is 3.98. The molecule has 2 N–H and O–H groups in total. The first-order valence-electron chi connectivity index (χ1n) is 8.36. The van der Waals surface area contributed by atoms with E-state index in [1.807, 2.05) is 25.1 Å². The molecule has 0 aliphatic heterocycles. The molecule has 0 aliphatic carbocycles. The highest BCUT2D eigenvalue weighted by molar-refractivity contribution is 5.98. The molecular formula is C20H20N4O3. The van der Waals surface area contributed by atoms with Crippen LogP contribution in [0, 0.1) is 13.8 Å². The molecule has 27 heavy (non-hydrogen) atoms. The number of methoxy groups -OCH3 is 1. The third-order valence-electron chi connectivity index (χ3n) is 4.15. The molecule has 1 aromatic heterocycles. The number of ether oxygens (including phenoxy) is 1. The van der Waals surface area contributed by atoms with Crippen molar-refractivity contribution in [1.29, 1.82) is 0 Å². The molecular weight excluding hydrogens is 344 g/mol. The molecule has 0 radical (unpaired) electrons. The Labute approximate surface area is 156 Å². The molecule has 1 heterocycles. The molecule has 138 valence electrons. The van der Waals surface area contributed by atoms with Crippen LogP contribution in [-0.2, 0) is 0 Å². The number of hydrogen-bond acceptors (Lipinski definition) is 3. The van der Waals surface area contributed by atoms with E-state index in [2.05, 4.69) is 15.4 Å². The summed E-state index contributed by atoms with van der Waals surface area (Å²) in [6.07, 6.45) is 1.28. The Morgan fingerprint density at radius 2 is 1.85 bits per heavy atom. The summed E-state index contributed by atoms with van der Waals surface area (Å²) in [7, 11) is 1.58. The van der Waals surface area contributed by atoms with Crippen LogP contribution in [0.2, 0.25) is 0 Å². The number of aromatic nitrogens is 2. The second-order valence-corrected chi connectivity index (χ2v) is 5.99. The van der Waals surface area contributed by atoms with Crippen LogP contribution in [0.1, 0.15) is 16.8 Å². The molecule has 2 aromatic carbocycles. The van der Waals surface area contributed by atoms with Gasteiger partial charge in [0.25, 0.3) is 5.56 Å². The Balaban J connectivity index is 1.82. The van der Waals surface area contributed by atoms with Crippen LogP contribution in [0.25, 0.3) is 5.69 Å². The molecule has 0 saturated carbocycles. The molecule has 0 bridgehead atoms. The number of carbonyl (C=O) groups excluding carboxylic acids is 1. The maximum absolute atomic E-state index is 12.6. The number of hydrogen-bond donors (Lipinski definition) is 2. The standard InChI is InChI=1S/C20H20N4O3/c1-13-6-4-5-7-18(13)22-20(26)21-12-17-14(2)23-24(19(17)25)15-8-10-16(27-3)11-9-15/h4-12,23H,1-3H3,(H,22,26)/b21-12+. The Morgan fingerprint density at radius 3 is 2.52 bits per heavy atom. The zero-order chi connectivity index (χ0) is 19.4. The lowest BCUT2D eigenvalue weighted by atomic mass is 10.2. The van der Waals surface area contributed by atoms with Crippen molar-refractivity contribution >= 4 is 17.9 Å². The average molecular weight is 364 g/mol. The van der Waals surface area contributed by atoms with E-state index in [0.29, 0.717) is 28.4 Å². The van der Waals surface area contributed by atoms with Gasteiger partial charge in [-0.15, -0.1) is 0 Å². The third-order valence-corrected chi connectivity index (χ3v) is 4.15. The van der Waals surface area contributed by atoms with Gasteiger partial charge < -0.3 is 10.1 Å². The summed E-state index contributed by atoms with van der Waals surface area (Å²) in [4.78, 5) is 28.6. The Hall–Kier alpha value is -3.61. The molecule has 0 unspecified atom stereocenters. The number of para-hydroxylation sites is 1. The zero-order valence-electron chi connectivity index (χ0n) is 15.3. The van der Waals surface area contributed by atoms with Crippen molar-refractivity contribution in [3.63, 3.8) is 0 Å². The second-order valence-electron chi connectivity index (χ2n) is 5.99. The number of urea groups is 1. The number of aliphatic imine (C=N–C) groups is 1. The van der Waals surface area contributed by atoms with Crippen LogP contribution in [0.3, 0.4) is 0 Å². The van der Waals surface area contributed by atoms with Crippen molar-refractivity contribution < 1.29 is 9.53 Å². The monoisotopic (exact) mass is 364 g/mol. The first-order valence-corrected chi connectivity index (χ1v) is 8.36. The average Bonchev–Trinajstić information content (AvgIpc) is 2.96. The summed E-state index contributed by atoms with van der Waals surface area (Å²) in [6, 6.07) is 13.9. The first-order chi connectivity index (χ1) is 13.0. The highest BCUT2D eigenvalue weighted by atomic mass is 16.5. The van der Waals surface area contributed by atoms with E-state index in [1.54, 1.807) is 44.4 Å². The lowest BCUT2D eigenvalue weighted by Gasteiger charge is -2.04. The summed E-state index contributed by atoms with van der Waals surface area (Å²) in [6.45, 7) is 3.64. The van der Waals surface area contributed by atoms with Crippen molar-refractivity contribution in [1.82, 2.24) is 9.78 Å². The maximum Gasteiger partial charge on any atom is 0.345 e. The van der Waals surface area contributed by atoms with Crippen molar-refractivity contribution in [2.75, 3.05) is 12.4 Å². The fourth-order valence-corrected chi connectivity index (χ4v) is 2.61. The van der Waals surface area contributed by atoms with Crippen molar-refractivity contribution in [2.45, 2.75) is 13.8 Å². The minimum atomic E-state index is -0.541. The van der Waals surface area contributed by atoms with E-state index in [-0.39, 0.29) is 5.56 Å². The summed E-state index contributed by atoms with van der Waals surface area (Å²) in [5.41, 5.74) is 2.92. The predicted molar refractivity (Wildman–Crippen MR) is 105 cm³/mol. The number of H-pyrrole nitrogens is 1. The van der Waals surface area contributed by atoms with Gasteiger partial charge in [0, 0.05) is 17.6 Å². The van der Waals surface area contributed by atoms with Crippen LogP contribution >= 0.6 is 0 Å². The smallest absolute Gasteiger partial charge is 0.345 e. The molecule has 2 amide bonds. The Bertz CT molecular complexity index is 1050. The minimum Gasteiger partial charge on any atom is -0.497 e. The molecule has 0 atom stereocenters. The predicted octanol–water partition coefficient (Wildman–Crippen LogP) is 3.44. The normalized spacial score (nSPS) is 10.9. The molecule has 0 aliphatic rings. The Morgan fingerprint density at radius 1 is 1.15 bits per heavy atom. The highest BCUT2D eigenvalue weighted by Crippen LogP contribution is 2.14. The second kappa shape index (κ2) is 7.74. The summed E-state index contributed by atoms with van der Waals surface area (Å²) >= 11 is 0. The largest absolute Gasteiger partial charge is 0.497 e. The number of nitrogens with zero attached hydrogens (tertiary/aromatic N) is 2. The fourth-order valence-electron chi connectivity index (χ4n) is 2.61. The molecule has 3 rings (SSSR count). The van der Waals surface area contributed by atoms with Crippen LogP contribution < -0.4 is 15.6 Å². The van der Waals surface area contributed by atoms with Gasteiger partial charge in [0.05, 0.1) is 18.4 Å². The van der Waals surface area contributed by atoms with E-state index in [1.165, 1.54) is 10.9 Å². The topological polar surface area (TPSA) is 88.5 Å². The number of benzene rings is 2. The van der Waals surface area contributed by atoms with Gasteiger partial charge >= 0.3 is 6.03 Å². The lowest BCUT2D eigenvalue weighted by molar-refractivity contribution is 0.259. The van der Waals surface area contributed by atoms with Crippen molar-refractivity contribution in [2.24, 2.45) is 4.99 Å². The number of aromatic amines is 1.